The standard InChI is InChI=1S/C26H25ClN2O2S/c1-17(2)18-9-13-21(14-10-18)32(30,31)29-16-15-23-22-5-3-4-6-24(22)28-25(23)26(29)19-7-11-20(27)12-8-19/h3-14,17,26,28H,15-16H2,1-2H3. The Kier molecular flexibility index (Phi) is 5.36. The van der Waals surface area contributed by atoms with Gasteiger partial charge in [-0.25, -0.2) is 8.42 Å². The number of halogens is 1. The van der Waals surface area contributed by atoms with Crippen LogP contribution in [0.2, 0.25) is 5.02 Å². The number of aromatic amines is 1. The van der Waals surface area contributed by atoms with E-state index in [1.54, 1.807) is 16.4 Å². The minimum Gasteiger partial charge on any atom is -0.357 e. The summed E-state index contributed by atoms with van der Waals surface area (Å²) in [6, 6.07) is 22.4. The Balaban J connectivity index is 1.66. The number of nitrogens with one attached hydrogen (secondary N) is 1. The van der Waals surface area contributed by atoms with E-state index in [1.807, 2.05) is 54.6 Å². The number of fused-ring (bicyclic) bond motifs is 3. The molecule has 6 heteroatoms. The molecule has 0 fully saturated rings. The fourth-order valence-electron chi connectivity index (χ4n) is 4.62. The maximum atomic E-state index is 13.8. The van der Waals surface area contributed by atoms with Gasteiger partial charge in [0.25, 0.3) is 0 Å². The molecule has 0 bridgehead atoms. The SMILES string of the molecule is CC(C)c1ccc(S(=O)(=O)N2CCc3c([nH]c4ccccc34)C2c2ccc(Cl)cc2)cc1. The Morgan fingerprint density at radius 3 is 2.34 bits per heavy atom. The number of benzene rings is 3. The second-order valence-electron chi connectivity index (χ2n) is 8.61. The molecule has 0 saturated carbocycles. The van der Waals surface area contributed by atoms with Crippen LogP contribution in [-0.2, 0) is 16.4 Å². The Morgan fingerprint density at radius 2 is 1.66 bits per heavy atom. The second-order valence-corrected chi connectivity index (χ2v) is 10.9. The molecule has 0 aliphatic carbocycles. The maximum absolute atomic E-state index is 13.8. The van der Waals surface area contributed by atoms with Gasteiger partial charge in [0.1, 0.15) is 0 Å². The highest BCUT2D eigenvalue weighted by Crippen LogP contribution is 2.41. The Hall–Kier alpha value is -2.60. The molecule has 1 aliphatic heterocycles. The molecule has 1 unspecified atom stereocenters. The van der Waals surface area contributed by atoms with Crippen molar-refractivity contribution >= 4 is 32.5 Å². The number of H-pyrrole nitrogens is 1. The quantitative estimate of drug-likeness (QED) is 0.386. The van der Waals surface area contributed by atoms with Crippen molar-refractivity contribution in [3.05, 3.63) is 100 Å². The van der Waals surface area contributed by atoms with Gasteiger partial charge < -0.3 is 4.98 Å². The lowest BCUT2D eigenvalue weighted by Crippen LogP contribution is -2.40. The number of hydrogen-bond acceptors (Lipinski definition) is 2. The molecule has 0 amide bonds. The van der Waals surface area contributed by atoms with E-state index in [4.69, 9.17) is 11.6 Å². The monoisotopic (exact) mass is 464 g/mol. The maximum Gasteiger partial charge on any atom is 0.244 e. The van der Waals surface area contributed by atoms with E-state index in [1.165, 1.54) is 5.56 Å². The highest BCUT2D eigenvalue weighted by Gasteiger charge is 2.39. The highest BCUT2D eigenvalue weighted by molar-refractivity contribution is 7.89. The first-order valence-electron chi connectivity index (χ1n) is 10.8. The minimum absolute atomic E-state index is 0.320. The van der Waals surface area contributed by atoms with Crippen molar-refractivity contribution < 1.29 is 8.42 Å². The first kappa shape index (κ1) is 21.3. The summed E-state index contributed by atoms with van der Waals surface area (Å²) in [5.74, 6) is 0.345. The molecule has 3 aromatic carbocycles. The van der Waals surface area contributed by atoms with Crippen molar-refractivity contribution in [2.45, 2.75) is 37.1 Å². The summed E-state index contributed by atoms with van der Waals surface area (Å²) in [6.07, 6.45) is 0.659. The molecule has 164 valence electrons. The minimum atomic E-state index is -3.71. The molecule has 32 heavy (non-hydrogen) atoms. The summed E-state index contributed by atoms with van der Waals surface area (Å²) in [5, 5.41) is 1.78. The first-order chi connectivity index (χ1) is 15.4. The molecule has 4 aromatic rings. The number of nitrogens with zero attached hydrogens (tertiary/aromatic N) is 1. The van der Waals surface area contributed by atoms with Gasteiger partial charge in [0.2, 0.25) is 10.0 Å². The predicted molar refractivity (Wildman–Crippen MR) is 130 cm³/mol. The van der Waals surface area contributed by atoms with Crippen molar-refractivity contribution in [1.82, 2.24) is 9.29 Å². The first-order valence-corrected chi connectivity index (χ1v) is 12.6. The van der Waals surface area contributed by atoms with Gasteiger partial charge in [-0.15, -0.1) is 0 Å². The lowest BCUT2D eigenvalue weighted by atomic mass is 9.94. The number of aromatic nitrogens is 1. The average Bonchev–Trinajstić information content (AvgIpc) is 3.18. The zero-order valence-corrected chi connectivity index (χ0v) is 19.6. The van der Waals surface area contributed by atoms with Crippen LogP contribution in [0, 0.1) is 0 Å². The van der Waals surface area contributed by atoms with Crippen LogP contribution in [0.3, 0.4) is 0 Å². The Labute approximate surface area is 193 Å². The number of sulfonamides is 1. The van der Waals surface area contributed by atoms with Crippen LogP contribution >= 0.6 is 11.6 Å². The molecular weight excluding hydrogens is 440 g/mol. The molecule has 1 aliphatic rings. The summed E-state index contributed by atoms with van der Waals surface area (Å²) in [6.45, 7) is 4.61. The van der Waals surface area contributed by atoms with E-state index >= 15 is 0 Å². The molecule has 5 rings (SSSR count). The number of para-hydroxylation sites is 1. The molecule has 1 N–H and O–H groups in total. The molecular formula is C26H25ClN2O2S. The van der Waals surface area contributed by atoms with E-state index in [2.05, 4.69) is 24.9 Å². The second kappa shape index (κ2) is 8.07. The zero-order chi connectivity index (χ0) is 22.5. The van der Waals surface area contributed by atoms with Crippen molar-refractivity contribution in [2.24, 2.45) is 0 Å². The zero-order valence-electron chi connectivity index (χ0n) is 18.0. The number of hydrogen-bond donors (Lipinski definition) is 1. The number of rotatable bonds is 4. The fourth-order valence-corrected chi connectivity index (χ4v) is 6.33. The topological polar surface area (TPSA) is 53.2 Å². The van der Waals surface area contributed by atoms with Gasteiger partial charge in [-0.05, 0) is 59.4 Å². The van der Waals surface area contributed by atoms with Crippen LogP contribution in [0.15, 0.2) is 77.7 Å². The van der Waals surface area contributed by atoms with Gasteiger partial charge in [0.05, 0.1) is 10.9 Å². The van der Waals surface area contributed by atoms with Crippen LogP contribution in [-0.4, -0.2) is 24.3 Å². The van der Waals surface area contributed by atoms with Gasteiger partial charge in [0, 0.05) is 28.2 Å². The summed E-state index contributed by atoms with van der Waals surface area (Å²) < 4.78 is 29.3. The van der Waals surface area contributed by atoms with Gasteiger partial charge in [-0.1, -0.05) is 67.9 Å². The predicted octanol–water partition coefficient (Wildman–Crippen LogP) is 6.28. The van der Waals surface area contributed by atoms with E-state index in [-0.39, 0.29) is 0 Å². The van der Waals surface area contributed by atoms with Crippen molar-refractivity contribution in [3.8, 4) is 0 Å². The van der Waals surface area contributed by atoms with Gasteiger partial charge in [-0.3, -0.25) is 0 Å². The third-order valence-corrected chi connectivity index (χ3v) is 8.46. The van der Waals surface area contributed by atoms with Crippen LogP contribution in [0.1, 0.15) is 48.2 Å². The van der Waals surface area contributed by atoms with Crippen molar-refractivity contribution in [3.63, 3.8) is 0 Å². The van der Waals surface area contributed by atoms with Crippen LogP contribution in [0.5, 0.6) is 0 Å². The largest absolute Gasteiger partial charge is 0.357 e. The summed E-state index contributed by atoms with van der Waals surface area (Å²) in [5.41, 5.74) is 5.15. The van der Waals surface area contributed by atoms with Crippen LogP contribution < -0.4 is 0 Å². The molecule has 2 heterocycles. The molecule has 1 aromatic heterocycles. The molecule has 0 saturated heterocycles. The fraction of sp³-hybridized carbons (Fsp3) is 0.231. The molecule has 1 atom stereocenters. The van der Waals surface area contributed by atoms with E-state index < -0.39 is 16.1 Å². The van der Waals surface area contributed by atoms with E-state index in [9.17, 15) is 8.42 Å². The van der Waals surface area contributed by atoms with Crippen LogP contribution in [0.25, 0.3) is 10.9 Å². The summed E-state index contributed by atoms with van der Waals surface area (Å²) in [7, 11) is -3.71. The van der Waals surface area contributed by atoms with E-state index in [0.717, 1.165) is 27.7 Å². The third-order valence-electron chi connectivity index (χ3n) is 6.33. The van der Waals surface area contributed by atoms with Crippen molar-refractivity contribution in [1.29, 1.82) is 0 Å². The third kappa shape index (κ3) is 3.54. The Bertz CT molecular complexity index is 1370. The van der Waals surface area contributed by atoms with Crippen LogP contribution in [0.4, 0.5) is 0 Å². The lowest BCUT2D eigenvalue weighted by Gasteiger charge is -2.35. The lowest BCUT2D eigenvalue weighted by molar-refractivity contribution is 0.340. The highest BCUT2D eigenvalue weighted by atomic mass is 35.5. The average molecular weight is 465 g/mol. The molecule has 0 radical (unpaired) electrons. The smallest absolute Gasteiger partial charge is 0.244 e. The van der Waals surface area contributed by atoms with Crippen molar-refractivity contribution in [2.75, 3.05) is 6.54 Å². The summed E-state index contributed by atoms with van der Waals surface area (Å²) in [4.78, 5) is 3.84. The molecule has 0 spiro atoms. The van der Waals surface area contributed by atoms with E-state index in [0.29, 0.717) is 28.8 Å². The Morgan fingerprint density at radius 1 is 0.969 bits per heavy atom. The normalized spacial score (nSPS) is 17.1. The van der Waals surface area contributed by atoms with Gasteiger partial charge in [-0.2, -0.15) is 4.31 Å². The molecule has 4 nitrogen and oxygen atoms in total. The van der Waals surface area contributed by atoms with Gasteiger partial charge in [0.15, 0.2) is 0 Å². The van der Waals surface area contributed by atoms with Gasteiger partial charge >= 0.3 is 0 Å². The summed E-state index contributed by atoms with van der Waals surface area (Å²) >= 11 is 6.14.